The van der Waals surface area contributed by atoms with Gasteiger partial charge < -0.3 is 20.3 Å². The zero-order chi connectivity index (χ0) is 4.28. The Balaban J connectivity index is -0.0000000800. The topological polar surface area (TPSA) is 101 Å². The van der Waals surface area contributed by atoms with E-state index in [-0.39, 0.29) is 24.3 Å². The zero-order valence-corrected chi connectivity index (χ0v) is 3.67. The molecule has 7 heavy (non-hydrogen) atoms. The van der Waals surface area contributed by atoms with Crippen LogP contribution in [0.1, 0.15) is 0 Å². The van der Waals surface area contributed by atoms with Crippen LogP contribution >= 0.6 is 0 Å². The average molecular weight is 102 g/mol. The summed E-state index contributed by atoms with van der Waals surface area (Å²) in [6.07, 6.45) is -1.94. The van der Waals surface area contributed by atoms with Crippen molar-refractivity contribution in [1.29, 1.82) is 0 Å². The van der Waals surface area contributed by atoms with Gasteiger partial charge in [0.25, 0.3) is 6.16 Å². The van der Waals surface area contributed by atoms with E-state index in [4.69, 9.17) is 15.2 Å². The second kappa shape index (κ2) is 9.25. The van der Waals surface area contributed by atoms with E-state index in [0.29, 0.717) is 0 Å². The summed E-state index contributed by atoms with van der Waals surface area (Å²) in [5.41, 5.74) is 0. The molecular weight excluding hydrogens is 98.9 g/mol. The maximum atomic E-state index is 8.78. The Bertz CT molecular complexity index is 43.3. The van der Waals surface area contributed by atoms with Gasteiger partial charge in [-0.2, -0.15) is 0 Å². The number of rotatable bonds is 0. The largest absolute Gasteiger partial charge is 1.00 e. The molecule has 0 saturated carbocycles. The molecule has 0 saturated heterocycles. The van der Waals surface area contributed by atoms with Crippen LogP contribution in [0.5, 0.6) is 0 Å². The Morgan fingerprint density at radius 3 is 1.86 bits per heavy atom. The minimum atomic E-state index is -1.94. The number of carboxylic acid groups (broad SMARTS) is 1. The van der Waals surface area contributed by atoms with E-state index in [1.807, 2.05) is 0 Å². The van der Waals surface area contributed by atoms with Crippen LogP contribution in [0.4, 0.5) is 4.79 Å². The van der Waals surface area contributed by atoms with Gasteiger partial charge in [0.1, 0.15) is 0 Å². The molecule has 0 bridgehead atoms. The number of carbonyl (C=O) groups is 1. The van der Waals surface area contributed by atoms with Crippen molar-refractivity contribution in [2.45, 2.75) is 0 Å². The fourth-order valence-corrected chi connectivity index (χ4v) is 0. The molecule has 0 unspecified atom stereocenters. The first-order valence-electron chi connectivity index (χ1n) is 0.795. The van der Waals surface area contributed by atoms with E-state index in [1.54, 1.807) is 0 Å². The number of hydrogen-bond acceptors (Lipinski definition) is 4. The molecule has 0 spiro atoms. The maximum Gasteiger partial charge on any atom is 1.00 e. The summed E-state index contributed by atoms with van der Waals surface area (Å²) < 4.78 is 0. The van der Waals surface area contributed by atoms with Gasteiger partial charge in [-0.3, -0.25) is 5.26 Å². The summed E-state index contributed by atoms with van der Waals surface area (Å²) in [5.74, 6) is 0. The second-order valence-corrected chi connectivity index (χ2v) is 0.341. The molecular formula is CH3LiO5. The van der Waals surface area contributed by atoms with Gasteiger partial charge in [0.2, 0.25) is 0 Å². The third-order valence-corrected chi connectivity index (χ3v) is 0.0745. The van der Waals surface area contributed by atoms with Crippen molar-refractivity contribution < 1.29 is 44.4 Å². The van der Waals surface area contributed by atoms with Crippen molar-refractivity contribution in [3.8, 4) is 0 Å². The van der Waals surface area contributed by atoms with Crippen LogP contribution in [0.2, 0.25) is 0 Å². The first-order valence-corrected chi connectivity index (χ1v) is 0.795. The van der Waals surface area contributed by atoms with Crippen LogP contribution in [0.25, 0.3) is 0 Å². The molecule has 0 atom stereocenters. The molecule has 0 radical (unpaired) electrons. The van der Waals surface area contributed by atoms with E-state index < -0.39 is 6.16 Å². The summed E-state index contributed by atoms with van der Waals surface area (Å²) in [6, 6.07) is 0. The smallest absolute Gasteiger partial charge is 0.424 e. The van der Waals surface area contributed by atoms with Crippen LogP contribution in [0.3, 0.4) is 0 Å². The molecule has 0 aliphatic carbocycles. The SMILES string of the molecule is O.O=C([O-])OO.[Li+]. The second-order valence-electron chi connectivity index (χ2n) is 0.341. The van der Waals surface area contributed by atoms with Crippen molar-refractivity contribution in [3.63, 3.8) is 0 Å². The van der Waals surface area contributed by atoms with Gasteiger partial charge in [-0.05, 0) is 0 Å². The van der Waals surface area contributed by atoms with E-state index in [2.05, 4.69) is 4.89 Å². The van der Waals surface area contributed by atoms with Crippen molar-refractivity contribution in [2.75, 3.05) is 0 Å². The molecule has 0 aliphatic rings. The first-order chi connectivity index (χ1) is 2.27. The summed E-state index contributed by atoms with van der Waals surface area (Å²) in [5, 5.41) is 15.8. The van der Waals surface area contributed by atoms with Gasteiger partial charge in [-0.1, -0.05) is 0 Å². The number of carbonyl (C=O) groups excluding carboxylic acids is 1. The molecule has 0 fully saturated rings. The molecule has 38 valence electrons. The van der Waals surface area contributed by atoms with Gasteiger partial charge in [-0.25, -0.2) is 0 Å². The standard InChI is InChI=1S/CH2O4.Li.H2O/c2-1(3)5-4;;/h4H,(H,2,3);;1H2/q;+1;/p-1. The Hall–Kier alpha value is -0.213. The fraction of sp³-hybridized carbons (Fsp3) is 0. The van der Waals surface area contributed by atoms with Gasteiger partial charge in [0.15, 0.2) is 0 Å². The predicted molar refractivity (Wildman–Crippen MR) is 12.7 cm³/mol. The minimum absolute atomic E-state index is 0. The van der Waals surface area contributed by atoms with Gasteiger partial charge in [0.05, 0.1) is 0 Å². The van der Waals surface area contributed by atoms with E-state index in [0.717, 1.165) is 0 Å². The molecule has 0 amide bonds. The average Bonchev–Trinajstić information content (AvgIpc) is 1.38. The molecule has 5 nitrogen and oxygen atoms in total. The summed E-state index contributed by atoms with van der Waals surface area (Å²) in [6.45, 7) is 0. The van der Waals surface area contributed by atoms with Gasteiger partial charge >= 0.3 is 18.9 Å². The fourth-order valence-electron chi connectivity index (χ4n) is 0. The third-order valence-electron chi connectivity index (χ3n) is 0.0745. The maximum absolute atomic E-state index is 8.78. The van der Waals surface area contributed by atoms with Crippen molar-refractivity contribution in [1.82, 2.24) is 0 Å². The Labute approximate surface area is 51.3 Å². The third kappa shape index (κ3) is 26.0. The predicted octanol–water partition coefficient (Wildman–Crippen LogP) is -5.00. The molecule has 3 N–H and O–H groups in total. The molecule has 0 rings (SSSR count). The van der Waals surface area contributed by atoms with Crippen LogP contribution in [0.15, 0.2) is 0 Å². The van der Waals surface area contributed by atoms with Crippen LogP contribution < -0.4 is 24.0 Å². The van der Waals surface area contributed by atoms with Gasteiger partial charge in [-0.15, -0.1) is 0 Å². The molecule has 0 aliphatic heterocycles. The van der Waals surface area contributed by atoms with E-state index >= 15 is 0 Å². The van der Waals surface area contributed by atoms with Crippen LogP contribution in [-0.2, 0) is 4.89 Å². The van der Waals surface area contributed by atoms with E-state index in [1.165, 1.54) is 0 Å². The summed E-state index contributed by atoms with van der Waals surface area (Å²) >= 11 is 0. The number of hydrogen-bond donors (Lipinski definition) is 1. The normalized spacial score (nSPS) is 4.71. The van der Waals surface area contributed by atoms with Crippen LogP contribution in [-0.4, -0.2) is 16.9 Å². The van der Waals surface area contributed by atoms with E-state index in [9.17, 15) is 0 Å². The van der Waals surface area contributed by atoms with Crippen molar-refractivity contribution in [3.05, 3.63) is 0 Å². The molecule has 0 heterocycles. The summed E-state index contributed by atoms with van der Waals surface area (Å²) in [4.78, 5) is 11.3. The Kier molecular flexibility index (Phi) is 20.9. The van der Waals surface area contributed by atoms with Gasteiger partial charge in [0, 0.05) is 0 Å². The molecule has 0 aromatic carbocycles. The van der Waals surface area contributed by atoms with Crippen molar-refractivity contribution in [2.24, 2.45) is 0 Å². The zero-order valence-electron chi connectivity index (χ0n) is 3.67. The Morgan fingerprint density at radius 1 is 1.71 bits per heavy atom. The van der Waals surface area contributed by atoms with Crippen LogP contribution in [0, 0.1) is 0 Å². The quantitative estimate of drug-likeness (QED) is 0.188. The first kappa shape index (κ1) is 15.8. The Morgan fingerprint density at radius 2 is 1.86 bits per heavy atom. The molecule has 0 aromatic heterocycles. The molecule has 0 aromatic rings. The van der Waals surface area contributed by atoms with Crippen molar-refractivity contribution >= 4 is 6.16 Å². The monoisotopic (exact) mass is 102 g/mol. The molecule has 6 heteroatoms. The summed E-state index contributed by atoms with van der Waals surface area (Å²) in [7, 11) is 0. The minimum Gasteiger partial charge on any atom is -0.424 e.